The van der Waals surface area contributed by atoms with Crippen molar-refractivity contribution in [2.45, 2.75) is 20.0 Å². The van der Waals surface area contributed by atoms with Crippen LogP contribution in [0, 0.1) is 0 Å². The van der Waals surface area contributed by atoms with E-state index >= 15 is 0 Å². The summed E-state index contributed by atoms with van der Waals surface area (Å²) in [5.74, 6) is 0.742. The van der Waals surface area contributed by atoms with Crippen molar-refractivity contribution in [3.63, 3.8) is 0 Å². The summed E-state index contributed by atoms with van der Waals surface area (Å²) in [5.41, 5.74) is 0.213. The molecule has 0 aliphatic rings. The zero-order valence-electron chi connectivity index (χ0n) is 8.69. The lowest BCUT2D eigenvalue weighted by molar-refractivity contribution is 0.245. The molecule has 0 saturated carbocycles. The van der Waals surface area contributed by atoms with E-state index in [4.69, 9.17) is 9.15 Å². The molecule has 0 fully saturated rings. The van der Waals surface area contributed by atoms with Gasteiger partial charge in [0.05, 0.1) is 11.5 Å². The lowest BCUT2D eigenvalue weighted by atomic mass is 10.2. The number of hydrogen-bond donors (Lipinski definition) is 0. The predicted molar refractivity (Wildman–Crippen MR) is 58.2 cm³/mol. The highest BCUT2D eigenvalue weighted by molar-refractivity contribution is 5.83. The quantitative estimate of drug-likeness (QED) is 0.706. The minimum atomic E-state index is -0.343. The fourth-order valence-electron chi connectivity index (χ4n) is 1.43. The molecule has 2 aromatic rings. The van der Waals surface area contributed by atoms with Crippen LogP contribution in [0.4, 0.5) is 0 Å². The number of fused-ring (bicyclic) bond motifs is 1. The zero-order chi connectivity index (χ0) is 10.8. The average molecular weight is 204 g/mol. The van der Waals surface area contributed by atoms with Crippen molar-refractivity contribution < 1.29 is 9.15 Å². The van der Waals surface area contributed by atoms with E-state index in [2.05, 4.69) is 0 Å². The molecular formula is C12H12O3. The van der Waals surface area contributed by atoms with Crippen LogP contribution in [0.5, 0.6) is 5.75 Å². The van der Waals surface area contributed by atoms with Gasteiger partial charge in [0, 0.05) is 6.07 Å². The van der Waals surface area contributed by atoms with Crippen LogP contribution in [0.2, 0.25) is 0 Å². The van der Waals surface area contributed by atoms with Gasteiger partial charge >= 0.3 is 5.63 Å². The summed E-state index contributed by atoms with van der Waals surface area (Å²) < 4.78 is 10.7. The van der Waals surface area contributed by atoms with Crippen molar-refractivity contribution >= 4 is 11.0 Å². The third-order valence-corrected chi connectivity index (χ3v) is 1.99. The Morgan fingerprint density at radius 3 is 2.73 bits per heavy atom. The molecule has 1 aromatic carbocycles. The second-order valence-corrected chi connectivity index (χ2v) is 3.59. The van der Waals surface area contributed by atoms with Crippen molar-refractivity contribution in [3.05, 3.63) is 40.8 Å². The minimum absolute atomic E-state index is 0.0996. The van der Waals surface area contributed by atoms with Gasteiger partial charge in [-0.1, -0.05) is 6.07 Å². The fourth-order valence-corrected chi connectivity index (χ4v) is 1.43. The molecule has 1 aromatic heterocycles. The van der Waals surface area contributed by atoms with Crippen LogP contribution in [-0.4, -0.2) is 6.10 Å². The van der Waals surface area contributed by atoms with Crippen LogP contribution in [0.1, 0.15) is 13.8 Å². The monoisotopic (exact) mass is 204 g/mol. The molecule has 0 aliphatic heterocycles. The Labute approximate surface area is 87.3 Å². The van der Waals surface area contributed by atoms with E-state index in [-0.39, 0.29) is 11.7 Å². The van der Waals surface area contributed by atoms with Crippen molar-refractivity contribution in [2.75, 3.05) is 0 Å². The molecule has 0 bridgehead atoms. The zero-order valence-corrected chi connectivity index (χ0v) is 8.69. The van der Waals surface area contributed by atoms with Gasteiger partial charge in [-0.25, -0.2) is 4.79 Å². The van der Waals surface area contributed by atoms with Gasteiger partial charge in [-0.3, -0.25) is 0 Å². The summed E-state index contributed by atoms with van der Waals surface area (Å²) in [5, 5.41) is 0.825. The standard InChI is InChI=1S/C12H12O3/c1-8(2)14-10-4-3-5-11-9(10)6-7-12(13)15-11/h3-8H,1-2H3. The van der Waals surface area contributed by atoms with Gasteiger partial charge in [0.25, 0.3) is 0 Å². The summed E-state index contributed by atoms with van der Waals surface area (Å²) in [6, 6.07) is 8.55. The third-order valence-electron chi connectivity index (χ3n) is 1.99. The summed E-state index contributed by atoms with van der Waals surface area (Å²) in [4.78, 5) is 11.0. The highest BCUT2D eigenvalue weighted by Crippen LogP contribution is 2.24. The Hall–Kier alpha value is -1.77. The number of hydrogen-bond acceptors (Lipinski definition) is 3. The second-order valence-electron chi connectivity index (χ2n) is 3.59. The molecular weight excluding hydrogens is 192 g/mol. The molecule has 0 amide bonds. The largest absolute Gasteiger partial charge is 0.490 e. The highest BCUT2D eigenvalue weighted by atomic mass is 16.5. The average Bonchev–Trinajstić information content (AvgIpc) is 2.16. The molecule has 3 nitrogen and oxygen atoms in total. The van der Waals surface area contributed by atoms with Crippen molar-refractivity contribution in [2.24, 2.45) is 0 Å². The van der Waals surface area contributed by atoms with Crippen molar-refractivity contribution in [1.29, 1.82) is 0 Å². The Morgan fingerprint density at radius 1 is 1.20 bits per heavy atom. The maximum absolute atomic E-state index is 11.0. The van der Waals surface area contributed by atoms with Gasteiger partial charge in [0.15, 0.2) is 0 Å². The first kappa shape index (κ1) is 9.77. The van der Waals surface area contributed by atoms with E-state index in [0.29, 0.717) is 5.58 Å². The minimum Gasteiger partial charge on any atom is -0.490 e. The first-order valence-corrected chi connectivity index (χ1v) is 4.86. The normalized spacial score (nSPS) is 10.9. The van der Waals surface area contributed by atoms with E-state index in [1.54, 1.807) is 12.1 Å². The van der Waals surface area contributed by atoms with Gasteiger partial charge in [-0.05, 0) is 32.0 Å². The molecule has 0 spiro atoms. The van der Waals surface area contributed by atoms with Crippen LogP contribution in [0.15, 0.2) is 39.5 Å². The van der Waals surface area contributed by atoms with Gasteiger partial charge in [-0.15, -0.1) is 0 Å². The van der Waals surface area contributed by atoms with E-state index in [1.807, 2.05) is 26.0 Å². The first-order chi connectivity index (χ1) is 7.16. The molecule has 0 aliphatic carbocycles. The number of benzene rings is 1. The molecule has 0 radical (unpaired) electrons. The Bertz CT molecular complexity index is 526. The molecule has 0 unspecified atom stereocenters. The maximum atomic E-state index is 11.0. The molecule has 78 valence electrons. The van der Waals surface area contributed by atoms with Gasteiger partial charge in [0.2, 0.25) is 0 Å². The maximum Gasteiger partial charge on any atom is 0.336 e. The Kier molecular flexibility index (Phi) is 2.46. The second kappa shape index (κ2) is 3.77. The SMILES string of the molecule is CC(C)Oc1cccc2oc(=O)ccc12. The topological polar surface area (TPSA) is 39.4 Å². The van der Waals surface area contributed by atoms with Crippen LogP contribution in [0.3, 0.4) is 0 Å². The third kappa shape index (κ3) is 2.01. The smallest absolute Gasteiger partial charge is 0.336 e. The molecule has 1 heterocycles. The summed E-state index contributed by atoms with van der Waals surface area (Å²) in [6.07, 6.45) is 0.0996. The molecule has 2 rings (SSSR count). The molecule has 0 saturated heterocycles. The highest BCUT2D eigenvalue weighted by Gasteiger charge is 2.05. The van der Waals surface area contributed by atoms with E-state index in [0.717, 1.165) is 11.1 Å². The molecule has 0 atom stereocenters. The van der Waals surface area contributed by atoms with Crippen molar-refractivity contribution in [1.82, 2.24) is 0 Å². The summed E-state index contributed by atoms with van der Waals surface area (Å²) in [6.45, 7) is 3.91. The first-order valence-electron chi connectivity index (χ1n) is 4.86. The van der Waals surface area contributed by atoms with E-state index < -0.39 is 0 Å². The van der Waals surface area contributed by atoms with Crippen LogP contribution < -0.4 is 10.4 Å². The summed E-state index contributed by atoms with van der Waals surface area (Å²) in [7, 11) is 0. The van der Waals surface area contributed by atoms with Crippen LogP contribution >= 0.6 is 0 Å². The van der Waals surface area contributed by atoms with E-state index in [9.17, 15) is 4.79 Å². The fraction of sp³-hybridized carbons (Fsp3) is 0.250. The molecule has 15 heavy (non-hydrogen) atoms. The van der Waals surface area contributed by atoms with Crippen molar-refractivity contribution in [3.8, 4) is 5.75 Å². The number of ether oxygens (including phenoxy) is 1. The molecule has 3 heteroatoms. The van der Waals surface area contributed by atoms with Gasteiger partial charge in [-0.2, -0.15) is 0 Å². The van der Waals surface area contributed by atoms with Crippen LogP contribution in [-0.2, 0) is 0 Å². The number of rotatable bonds is 2. The summed E-state index contributed by atoms with van der Waals surface area (Å²) >= 11 is 0. The lowest BCUT2D eigenvalue weighted by Crippen LogP contribution is -2.06. The Balaban J connectivity index is 2.60. The van der Waals surface area contributed by atoms with Gasteiger partial charge in [0.1, 0.15) is 11.3 Å². The van der Waals surface area contributed by atoms with E-state index in [1.165, 1.54) is 6.07 Å². The molecule has 0 N–H and O–H groups in total. The Morgan fingerprint density at radius 2 is 2.00 bits per heavy atom. The lowest BCUT2D eigenvalue weighted by Gasteiger charge is -2.11. The predicted octanol–water partition coefficient (Wildman–Crippen LogP) is 2.58. The van der Waals surface area contributed by atoms with Crippen LogP contribution in [0.25, 0.3) is 11.0 Å². The van der Waals surface area contributed by atoms with Gasteiger partial charge < -0.3 is 9.15 Å².